The Morgan fingerprint density at radius 1 is 1.14 bits per heavy atom. The van der Waals surface area contributed by atoms with E-state index in [-0.39, 0.29) is 5.91 Å². The number of hydrogen-bond acceptors (Lipinski definition) is 4. The van der Waals surface area contributed by atoms with Gasteiger partial charge in [0.05, 0.1) is 5.56 Å². The number of carbonyl (C=O) groups is 1. The number of amides is 1. The average molecular weight is 298 g/mol. The van der Waals surface area contributed by atoms with Crippen LogP contribution in [-0.2, 0) is 0 Å². The minimum absolute atomic E-state index is 0.133. The Morgan fingerprint density at radius 3 is 2.50 bits per heavy atom. The molecule has 0 saturated heterocycles. The van der Waals surface area contributed by atoms with Crippen molar-refractivity contribution in [3.63, 3.8) is 0 Å². The van der Waals surface area contributed by atoms with Gasteiger partial charge in [-0.1, -0.05) is 19.4 Å². The van der Waals surface area contributed by atoms with Gasteiger partial charge in [-0.25, -0.2) is 9.97 Å². The highest BCUT2D eigenvalue weighted by molar-refractivity contribution is 5.93. The Bertz CT molecular complexity index is 638. The molecule has 0 atom stereocenters. The third-order valence-corrected chi connectivity index (χ3v) is 3.49. The number of nitrogens with one attached hydrogen (secondary N) is 2. The van der Waals surface area contributed by atoms with Crippen LogP contribution in [0.3, 0.4) is 0 Å². The maximum atomic E-state index is 11.9. The van der Waals surface area contributed by atoms with Crippen molar-refractivity contribution in [2.75, 3.05) is 11.9 Å². The molecule has 22 heavy (non-hydrogen) atoms. The predicted octanol–water partition coefficient (Wildman–Crippen LogP) is 3.37. The first-order valence-corrected chi connectivity index (χ1v) is 7.54. The van der Waals surface area contributed by atoms with E-state index in [0.717, 1.165) is 18.5 Å². The van der Waals surface area contributed by atoms with Gasteiger partial charge in [-0.15, -0.1) is 0 Å². The van der Waals surface area contributed by atoms with Crippen LogP contribution in [0.1, 0.15) is 41.3 Å². The van der Waals surface area contributed by atoms with E-state index >= 15 is 0 Å². The topological polar surface area (TPSA) is 66.9 Å². The first-order chi connectivity index (χ1) is 10.6. The molecule has 116 valence electrons. The van der Waals surface area contributed by atoms with Crippen LogP contribution in [0.4, 0.5) is 11.6 Å². The van der Waals surface area contributed by atoms with Crippen LogP contribution >= 0.6 is 0 Å². The summed E-state index contributed by atoms with van der Waals surface area (Å²) in [5.74, 6) is 0.347. The number of aromatic nitrogens is 2. The van der Waals surface area contributed by atoms with Gasteiger partial charge >= 0.3 is 0 Å². The first kappa shape index (κ1) is 15.9. The summed E-state index contributed by atoms with van der Waals surface area (Å²) in [6, 6.07) is 6.08. The number of benzene rings is 1. The Hall–Kier alpha value is -2.43. The second-order valence-corrected chi connectivity index (χ2v) is 5.33. The van der Waals surface area contributed by atoms with Crippen LogP contribution in [0.5, 0.6) is 0 Å². The van der Waals surface area contributed by atoms with Gasteiger partial charge in [-0.2, -0.15) is 0 Å². The fraction of sp³-hybridized carbons (Fsp3) is 0.353. The van der Waals surface area contributed by atoms with Crippen molar-refractivity contribution in [2.24, 2.45) is 0 Å². The van der Waals surface area contributed by atoms with Crippen molar-refractivity contribution in [1.82, 2.24) is 15.3 Å². The molecule has 5 nitrogen and oxygen atoms in total. The molecule has 2 N–H and O–H groups in total. The van der Waals surface area contributed by atoms with Crippen molar-refractivity contribution in [2.45, 2.75) is 33.6 Å². The molecule has 0 unspecified atom stereocenters. The van der Waals surface area contributed by atoms with Crippen molar-refractivity contribution >= 4 is 17.5 Å². The Balaban J connectivity index is 1.99. The zero-order chi connectivity index (χ0) is 15.9. The summed E-state index contributed by atoms with van der Waals surface area (Å²) in [6.45, 7) is 6.90. The molecular weight excluding hydrogens is 276 g/mol. The highest BCUT2D eigenvalue weighted by Crippen LogP contribution is 2.17. The average Bonchev–Trinajstić information content (AvgIpc) is 2.52. The summed E-state index contributed by atoms with van der Waals surface area (Å²) < 4.78 is 0. The van der Waals surface area contributed by atoms with Crippen molar-refractivity contribution < 1.29 is 4.79 Å². The zero-order valence-electron chi connectivity index (χ0n) is 13.3. The summed E-state index contributed by atoms with van der Waals surface area (Å²) in [5.41, 5.74) is 3.85. The van der Waals surface area contributed by atoms with Crippen molar-refractivity contribution in [1.29, 1.82) is 0 Å². The predicted molar refractivity (Wildman–Crippen MR) is 88.5 cm³/mol. The van der Waals surface area contributed by atoms with Gasteiger partial charge < -0.3 is 10.6 Å². The molecule has 0 aliphatic rings. The van der Waals surface area contributed by atoms with Gasteiger partial charge in [0.2, 0.25) is 5.95 Å². The fourth-order valence-corrected chi connectivity index (χ4v) is 1.94. The van der Waals surface area contributed by atoms with Gasteiger partial charge in [0.15, 0.2) is 0 Å². The van der Waals surface area contributed by atoms with Crippen LogP contribution in [0.25, 0.3) is 0 Å². The normalized spacial score (nSPS) is 10.3. The lowest BCUT2D eigenvalue weighted by atomic mass is 10.1. The minimum atomic E-state index is -0.133. The van der Waals surface area contributed by atoms with Crippen LogP contribution in [0, 0.1) is 13.8 Å². The van der Waals surface area contributed by atoms with Crippen LogP contribution in [0.15, 0.2) is 30.6 Å². The quantitative estimate of drug-likeness (QED) is 0.802. The van der Waals surface area contributed by atoms with E-state index in [1.807, 2.05) is 18.2 Å². The highest BCUT2D eigenvalue weighted by Gasteiger charge is 2.06. The number of hydrogen-bond donors (Lipinski definition) is 2. The standard InChI is InChI=1S/C17H22N4O/c1-4-5-8-18-16(22)14-10-19-17(20-11-14)21-15-7-6-12(2)13(3)9-15/h6-7,9-11H,4-5,8H2,1-3H3,(H,18,22)(H,19,20,21). The van der Waals surface area contributed by atoms with E-state index in [2.05, 4.69) is 41.4 Å². The lowest BCUT2D eigenvalue weighted by molar-refractivity contribution is 0.0952. The molecule has 0 spiro atoms. The number of aryl methyl sites for hydroxylation is 2. The van der Waals surface area contributed by atoms with Gasteiger partial charge in [0.25, 0.3) is 5.91 Å². The van der Waals surface area contributed by atoms with Gasteiger partial charge in [0, 0.05) is 24.6 Å². The lowest BCUT2D eigenvalue weighted by Gasteiger charge is -2.08. The fourth-order valence-electron chi connectivity index (χ4n) is 1.94. The molecule has 0 aliphatic heterocycles. The highest BCUT2D eigenvalue weighted by atomic mass is 16.1. The molecule has 1 amide bonds. The van der Waals surface area contributed by atoms with E-state index in [1.165, 1.54) is 23.5 Å². The van der Waals surface area contributed by atoms with E-state index < -0.39 is 0 Å². The van der Waals surface area contributed by atoms with Gasteiger partial charge in [0.1, 0.15) is 0 Å². The molecule has 0 fully saturated rings. The van der Waals surface area contributed by atoms with Crippen LogP contribution < -0.4 is 10.6 Å². The number of rotatable bonds is 6. The smallest absolute Gasteiger partial charge is 0.254 e. The van der Waals surface area contributed by atoms with E-state index in [1.54, 1.807) is 0 Å². The summed E-state index contributed by atoms with van der Waals surface area (Å²) in [6.07, 6.45) is 5.10. The molecule has 1 heterocycles. The summed E-state index contributed by atoms with van der Waals surface area (Å²) in [4.78, 5) is 20.2. The van der Waals surface area contributed by atoms with Crippen LogP contribution in [0.2, 0.25) is 0 Å². The molecule has 5 heteroatoms. The SMILES string of the molecule is CCCCNC(=O)c1cnc(Nc2ccc(C)c(C)c2)nc1. The lowest BCUT2D eigenvalue weighted by Crippen LogP contribution is -2.24. The molecule has 2 rings (SSSR count). The summed E-state index contributed by atoms with van der Waals surface area (Å²) in [7, 11) is 0. The molecule has 1 aromatic heterocycles. The third kappa shape index (κ3) is 4.28. The molecule has 0 bridgehead atoms. The Kier molecular flexibility index (Phi) is 5.47. The molecule has 0 aliphatic carbocycles. The second kappa shape index (κ2) is 7.54. The van der Waals surface area contributed by atoms with Crippen molar-refractivity contribution in [3.8, 4) is 0 Å². The van der Waals surface area contributed by atoms with E-state index in [9.17, 15) is 4.79 Å². The number of nitrogens with zero attached hydrogens (tertiary/aromatic N) is 2. The second-order valence-electron chi connectivity index (χ2n) is 5.33. The third-order valence-electron chi connectivity index (χ3n) is 3.49. The summed E-state index contributed by atoms with van der Waals surface area (Å²) >= 11 is 0. The van der Waals surface area contributed by atoms with Gasteiger partial charge in [-0.3, -0.25) is 4.79 Å². The van der Waals surface area contributed by atoms with Gasteiger partial charge in [-0.05, 0) is 43.5 Å². The molecule has 0 radical (unpaired) electrons. The monoisotopic (exact) mass is 298 g/mol. The summed E-state index contributed by atoms with van der Waals surface area (Å²) in [5, 5.41) is 5.98. The molecule has 0 saturated carbocycles. The number of carbonyl (C=O) groups excluding carboxylic acids is 1. The molecular formula is C17H22N4O. The van der Waals surface area contributed by atoms with E-state index in [0.29, 0.717) is 18.1 Å². The molecule has 2 aromatic rings. The van der Waals surface area contributed by atoms with E-state index in [4.69, 9.17) is 0 Å². The maximum absolute atomic E-state index is 11.9. The van der Waals surface area contributed by atoms with Crippen molar-refractivity contribution in [3.05, 3.63) is 47.3 Å². The Morgan fingerprint density at radius 2 is 1.86 bits per heavy atom. The number of anilines is 2. The zero-order valence-corrected chi connectivity index (χ0v) is 13.3. The molecule has 1 aromatic carbocycles. The number of unbranched alkanes of at least 4 members (excludes halogenated alkanes) is 1. The largest absolute Gasteiger partial charge is 0.352 e. The maximum Gasteiger partial charge on any atom is 0.254 e. The first-order valence-electron chi connectivity index (χ1n) is 7.54. The van der Waals surface area contributed by atoms with Crippen LogP contribution in [-0.4, -0.2) is 22.4 Å². The Labute approximate surface area is 131 Å². The minimum Gasteiger partial charge on any atom is -0.352 e.